The molecule has 0 aromatic heterocycles. The molecule has 3 rings (SSSR count). The summed E-state index contributed by atoms with van der Waals surface area (Å²) < 4.78 is 50.2. The van der Waals surface area contributed by atoms with Gasteiger partial charge in [0.2, 0.25) is 0 Å². The van der Waals surface area contributed by atoms with Crippen LogP contribution >= 0.6 is 0 Å². The number of benzene rings is 2. The first-order valence-corrected chi connectivity index (χ1v) is 6.99. The Kier molecular flexibility index (Phi) is 3.75. The molecule has 0 spiro atoms. The normalized spacial score (nSPS) is 15.0. The summed E-state index contributed by atoms with van der Waals surface area (Å²) >= 11 is 0. The van der Waals surface area contributed by atoms with Crippen molar-refractivity contribution >= 4 is 11.7 Å². The van der Waals surface area contributed by atoms with E-state index in [9.17, 15) is 18.0 Å². The number of rotatable bonds is 2. The summed E-state index contributed by atoms with van der Waals surface area (Å²) in [7, 11) is 0. The molecule has 0 aliphatic carbocycles. The van der Waals surface area contributed by atoms with Crippen molar-refractivity contribution in [3.05, 3.63) is 54.1 Å². The minimum absolute atomic E-state index is 0.106. The molecule has 0 unspecified atom stereocenters. The van der Waals surface area contributed by atoms with Crippen molar-refractivity contribution < 1.29 is 27.4 Å². The van der Waals surface area contributed by atoms with Crippen molar-refractivity contribution in [2.75, 3.05) is 5.32 Å². The Morgan fingerprint density at radius 3 is 2.08 bits per heavy atom. The standard InChI is InChI=1S/C16H13F3N2O3/c1-10-6-2-3-7-11(10)20-14(22)21-16(15(17,18)19)23-12-8-4-5-9-13(12)24-16/h2-9H,1H3,(H2,20,21,22). The van der Waals surface area contributed by atoms with Gasteiger partial charge in [-0.3, -0.25) is 5.32 Å². The first kappa shape index (κ1) is 16.0. The fraction of sp³-hybridized carbons (Fsp3) is 0.188. The highest BCUT2D eigenvalue weighted by Gasteiger charge is 2.65. The molecule has 0 saturated carbocycles. The maximum atomic E-state index is 13.5. The van der Waals surface area contributed by atoms with Gasteiger partial charge in [0.05, 0.1) is 0 Å². The van der Waals surface area contributed by atoms with Gasteiger partial charge in [-0.2, -0.15) is 13.2 Å². The van der Waals surface area contributed by atoms with E-state index in [1.54, 1.807) is 36.5 Å². The number of fused-ring (bicyclic) bond motifs is 1. The fourth-order valence-corrected chi connectivity index (χ4v) is 2.20. The number of ether oxygens (including phenoxy) is 2. The smallest absolute Gasteiger partial charge is 0.424 e. The minimum Gasteiger partial charge on any atom is -0.424 e. The Morgan fingerprint density at radius 1 is 1.00 bits per heavy atom. The third kappa shape index (κ3) is 2.82. The molecule has 24 heavy (non-hydrogen) atoms. The number of urea groups is 1. The van der Waals surface area contributed by atoms with Crippen LogP contribution in [0.5, 0.6) is 11.5 Å². The van der Waals surface area contributed by atoms with Gasteiger partial charge >= 0.3 is 18.1 Å². The number of aryl methyl sites for hydroxylation is 1. The molecule has 1 heterocycles. The van der Waals surface area contributed by atoms with Crippen molar-refractivity contribution in [3.63, 3.8) is 0 Å². The molecule has 5 nitrogen and oxygen atoms in total. The number of anilines is 1. The zero-order valence-corrected chi connectivity index (χ0v) is 12.5. The van der Waals surface area contributed by atoms with Crippen LogP contribution in [-0.2, 0) is 0 Å². The molecule has 1 aliphatic heterocycles. The van der Waals surface area contributed by atoms with Crippen molar-refractivity contribution in [1.29, 1.82) is 0 Å². The Balaban J connectivity index is 1.82. The average Bonchev–Trinajstić information content (AvgIpc) is 2.88. The summed E-state index contributed by atoms with van der Waals surface area (Å²) in [6.45, 7) is 1.72. The first-order valence-electron chi connectivity index (χ1n) is 6.99. The maximum Gasteiger partial charge on any atom is 0.492 e. The van der Waals surface area contributed by atoms with Crippen LogP contribution in [0, 0.1) is 6.92 Å². The summed E-state index contributed by atoms with van der Waals surface area (Å²) in [5.41, 5.74) is 1.08. The second-order valence-corrected chi connectivity index (χ2v) is 5.16. The SMILES string of the molecule is Cc1ccccc1NC(=O)NC1(C(F)(F)F)Oc2ccccc2O1. The quantitative estimate of drug-likeness (QED) is 0.875. The van der Waals surface area contributed by atoms with Crippen LogP contribution < -0.4 is 20.1 Å². The van der Waals surface area contributed by atoms with E-state index in [0.29, 0.717) is 11.3 Å². The zero-order valence-electron chi connectivity index (χ0n) is 12.5. The largest absolute Gasteiger partial charge is 0.492 e. The van der Waals surface area contributed by atoms with E-state index in [1.165, 1.54) is 24.3 Å². The van der Waals surface area contributed by atoms with Gasteiger partial charge in [0.15, 0.2) is 11.5 Å². The molecule has 126 valence electrons. The Bertz CT molecular complexity index is 752. The fourth-order valence-electron chi connectivity index (χ4n) is 2.20. The molecule has 1 aliphatic rings. The van der Waals surface area contributed by atoms with E-state index in [4.69, 9.17) is 9.47 Å². The summed E-state index contributed by atoms with van der Waals surface area (Å²) in [5, 5.41) is 4.09. The predicted molar refractivity (Wildman–Crippen MR) is 79.8 cm³/mol. The molecule has 0 bridgehead atoms. The molecule has 8 heteroatoms. The summed E-state index contributed by atoms with van der Waals surface area (Å²) in [6, 6.07) is 11.2. The molecular formula is C16H13F3N2O3. The number of carbonyl (C=O) groups excluding carboxylic acids is 1. The highest BCUT2D eigenvalue weighted by molar-refractivity contribution is 5.90. The highest BCUT2D eigenvalue weighted by Crippen LogP contribution is 2.44. The van der Waals surface area contributed by atoms with Gasteiger partial charge in [-0.05, 0) is 30.7 Å². The first-order chi connectivity index (χ1) is 11.3. The molecular weight excluding hydrogens is 325 g/mol. The topological polar surface area (TPSA) is 59.6 Å². The maximum absolute atomic E-state index is 13.5. The van der Waals surface area contributed by atoms with Gasteiger partial charge in [0.1, 0.15) is 0 Å². The van der Waals surface area contributed by atoms with E-state index < -0.39 is 18.1 Å². The summed E-state index contributed by atoms with van der Waals surface area (Å²) in [6.07, 6.45) is -4.99. The molecule has 2 aromatic rings. The predicted octanol–water partition coefficient (Wildman–Crippen LogP) is 3.80. The van der Waals surface area contributed by atoms with Crippen molar-refractivity contribution in [3.8, 4) is 11.5 Å². The Morgan fingerprint density at radius 2 is 1.54 bits per heavy atom. The van der Waals surface area contributed by atoms with Crippen LogP contribution in [0.3, 0.4) is 0 Å². The number of nitrogens with one attached hydrogen (secondary N) is 2. The average molecular weight is 338 g/mol. The summed E-state index contributed by atoms with van der Waals surface area (Å²) in [4.78, 5) is 12.0. The van der Waals surface area contributed by atoms with Gasteiger partial charge in [0, 0.05) is 5.69 Å². The molecule has 2 amide bonds. The molecule has 0 fully saturated rings. The van der Waals surface area contributed by atoms with Crippen LogP contribution in [0.4, 0.5) is 23.7 Å². The van der Waals surface area contributed by atoms with Gasteiger partial charge in [-0.15, -0.1) is 0 Å². The lowest BCUT2D eigenvalue weighted by Crippen LogP contribution is -2.65. The lowest BCUT2D eigenvalue weighted by atomic mass is 10.2. The van der Waals surface area contributed by atoms with Crippen LogP contribution in [0.1, 0.15) is 5.56 Å². The van der Waals surface area contributed by atoms with E-state index in [-0.39, 0.29) is 11.5 Å². The third-order valence-corrected chi connectivity index (χ3v) is 3.40. The van der Waals surface area contributed by atoms with Crippen LogP contribution in [-0.4, -0.2) is 18.1 Å². The highest BCUT2D eigenvalue weighted by atomic mass is 19.4. The van der Waals surface area contributed by atoms with E-state index >= 15 is 0 Å². The number of carbonyl (C=O) groups is 1. The van der Waals surface area contributed by atoms with Gasteiger partial charge in [-0.1, -0.05) is 30.3 Å². The number of alkyl halides is 3. The second kappa shape index (κ2) is 5.63. The van der Waals surface area contributed by atoms with Gasteiger partial charge in [0.25, 0.3) is 0 Å². The third-order valence-electron chi connectivity index (χ3n) is 3.40. The lowest BCUT2D eigenvalue weighted by Gasteiger charge is -2.29. The molecule has 0 saturated heterocycles. The zero-order chi connectivity index (χ0) is 17.4. The molecule has 0 radical (unpaired) electrons. The van der Waals surface area contributed by atoms with Crippen LogP contribution in [0.25, 0.3) is 0 Å². The van der Waals surface area contributed by atoms with Crippen LogP contribution in [0.2, 0.25) is 0 Å². The van der Waals surface area contributed by atoms with Gasteiger partial charge < -0.3 is 14.8 Å². The van der Waals surface area contributed by atoms with Crippen LogP contribution in [0.15, 0.2) is 48.5 Å². The molecule has 2 N–H and O–H groups in total. The number of para-hydroxylation sites is 3. The number of amides is 2. The second-order valence-electron chi connectivity index (χ2n) is 5.16. The lowest BCUT2D eigenvalue weighted by molar-refractivity contribution is -0.317. The minimum atomic E-state index is -4.99. The van der Waals surface area contributed by atoms with Gasteiger partial charge in [-0.25, -0.2) is 4.79 Å². The Labute approximate surface area is 135 Å². The van der Waals surface area contributed by atoms with Crippen molar-refractivity contribution in [2.45, 2.75) is 19.0 Å². The van der Waals surface area contributed by atoms with E-state index in [2.05, 4.69) is 5.32 Å². The molecule has 2 aromatic carbocycles. The van der Waals surface area contributed by atoms with E-state index in [1.807, 2.05) is 0 Å². The molecule has 0 atom stereocenters. The monoisotopic (exact) mass is 338 g/mol. The van der Waals surface area contributed by atoms with Crippen molar-refractivity contribution in [2.24, 2.45) is 0 Å². The number of hydrogen-bond donors (Lipinski definition) is 2. The number of hydrogen-bond acceptors (Lipinski definition) is 3. The van der Waals surface area contributed by atoms with Crippen molar-refractivity contribution in [1.82, 2.24) is 5.32 Å². The Hall–Kier alpha value is -2.90. The summed E-state index contributed by atoms with van der Waals surface area (Å²) in [5.74, 6) is -3.49. The van der Waals surface area contributed by atoms with E-state index in [0.717, 1.165) is 0 Å². The number of halogens is 3.